The highest BCUT2D eigenvalue weighted by Crippen LogP contribution is 2.12. The fraction of sp³-hybridized carbons (Fsp3) is 0.846. The van der Waals surface area contributed by atoms with Crippen LogP contribution in [0.2, 0.25) is 0 Å². The fourth-order valence-electron chi connectivity index (χ4n) is 2.70. The molecule has 0 aliphatic carbocycles. The van der Waals surface area contributed by atoms with Gasteiger partial charge < -0.3 is 20.1 Å². The van der Waals surface area contributed by atoms with E-state index in [1.807, 2.05) is 0 Å². The number of nitrogens with one attached hydrogen (secondary N) is 1. The summed E-state index contributed by atoms with van der Waals surface area (Å²) in [5.41, 5.74) is 0. The van der Waals surface area contributed by atoms with Gasteiger partial charge in [-0.15, -0.1) is 0 Å². The Kier molecular flexibility index (Phi) is 5.75. The van der Waals surface area contributed by atoms with Gasteiger partial charge in [-0.2, -0.15) is 0 Å². The number of ether oxygens (including phenoxy) is 1. The van der Waals surface area contributed by atoms with Crippen molar-refractivity contribution < 1.29 is 19.4 Å². The third-order valence-electron chi connectivity index (χ3n) is 3.75. The highest BCUT2D eigenvalue weighted by Gasteiger charge is 2.29. The van der Waals surface area contributed by atoms with Crippen LogP contribution in [-0.2, 0) is 14.3 Å². The van der Waals surface area contributed by atoms with Gasteiger partial charge in [0.15, 0.2) is 0 Å². The lowest BCUT2D eigenvalue weighted by atomic mass is 10.1. The minimum absolute atomic E-state index is 0.0152. The van der Waals surface area contributed by atoms with Crippen molar-refractivity contribution in [3.05, 3.63) is 0 Å². The minimum Gasteiger partial charge on any atom is -0.481 e. The van der Waals surface area contributed by atoms with E-state index in [0.717, 1.165) is 32.6 Å². The molecule has 2 rings (SSSR count). The smallest absolute Gasteiger partial charge is 0.305 e. The average Bonchev–Trinajstić information content (AvgIpc) is 2.67. The Morgan fingerprint density at radius 2 is 2.10 bits per heavy atom. The summed E-state index contributed by atoms with van der Waals surface area (Å²) in [7, 11) is 0. The summed E-state index contributed by atoms with van der Waals surface area (Å²) in [5, 5.41) is 12.2. The molecule has 0 spiro atoms. The van der Waals surface area contributed by atoms with E-state index in [2.05, 4.69) is 10.2 Å². The molecule has 1 amide bonds. The van der Waals surface area contributed by atoms with Crippen LogP contribution in [0.1, 0.15) is 12.8 Å². The number of carboxylic acids is 1. The summed E-state index contributed by atoms with van der Waals surface area (Å²) in [6.45, 7) is 5.33. The van der Waals surface area contributed by atoms with Gasteiger partial charge in [0.2, 0.25) is 5.91 Å². The first-order valence-electron chi connectivity index (χ1n) is 7.19. The first-order valence-corrected chi connectivity index (χ1v) is 7.19. The first kappa shape index (κ1) is 15.2. The van der Waals surface area contributed by atoms with Gasteiger partial charge >= 0.3 is 5.97 Å². The molecule has 1 unspecified atom stereocenters. The molecule has 0 saturated carbocycles. The molecule has 2 aliphatic rings. The maximum atomic E-state index is 12.4. The Balaban J connectivity index is 1.89. The summed E-state index contributed by atoms with van der Waals surface area (Å²) in [4.78, 5) is 27.1. The Hall–Kier alpha value is -1.18. The number of carbonyl (C=O) groups is 2. The third kappa shape index (κ3) is 4.43. The van der Waals surface area contributed by atoms with E-state index in [4.69, 9.17) is 9.84 Å². The monoisotopic (exact) mass is 285 g/mol. The molecule has 20 heavy (non-hydrogen) atoms. The number of hydrogen-bond acceptors (Lipinski definition) is 5. The van der Waals surface area contributed by atoms with Crippen molar-refractivity contribution in [3.63, 3.8) is 0 Å². The standard InChI is InChI=1S/C13H23N3O4/c17-12(9-15-4-1-2-14-3-5-15)16-6-7-20-10-11(16)8-13(18)19/h11,14H,1-10H2,(H,18,19). The van der Waals surface area contributed by atoms with Crippen molar-refractivity contribution in [2.24, 2.45) is 0 Å². The van der Waals surface area contributed by atoms with Crippen LogP contribution < -0.4 is 5.32 Å². The predicted octanol–water partition coefficient (Wildman–Crippen LogP) is -1.02. The van der Waals surface area contributed by atoms with Gasteiger partial charge in [-0.3, -0.25) is 14.5 Å². The zero-order valence-corrected chi connectivity index (χ0v) is 11.7. The van der Waals surface area contributed by atoms with E-state index >= 15 is 0 Å². The number of nitrogens with zero attached hydrogens (tertiary/aromatic N) is 2. The van der Waals surface area contributed by atoms with Crippen molar-refractivity contribution in [1.29, 1.82) is 0 Å². The van der Waals surface area contributed by atoms with Crippen LogP contribution >= 0.6 is 0 Å². The highest BCUT2D eigenvalue weighted by molar-refractivity contribution is 5.79. The molecule has 2 N–H and O–H groups in total. The zero-order valence-electron chi connectivity index (χ0n) is 11.7. The second-order valence-corrected chi connectivity index (χ2v) is 5.29. The van der Waals surface area contributed by atoms with Gasteiger partial charge in [0.25, 0.3) is 0 Å². The molecule has 0 aromatic heterocycles. The Morgan fingerprint density at radius 3 is 2.90 bits per heavy atom. The molecular formula is C13H23N3O4. The number of carbonyl (C=O) groups excluding carboxylic acids is 1. The van der Waals surface area contributed by atoms with Crippen LogP contribution in [0.15, 0.2) is 0 Å². The average molecular weight is 285 g/mol. The first-order chi connectivity index (χ1) is 9.66. The Labute approximate surface area is 118 Å². The van der Waals surface area contributed by atoms with Gasteiger partial charge in [-0.05, 0) is 19.5 Å². The molecule has 0 bridgehead atoms. The lowest BCUT2D eigenvalue weighted by Crippen LogP contribution is -2.52. The topological polar surface area (TPSA) is 82.1 Å². The number of morpholine rings is 1. The molecule has 7 heteroatoms. The molecule has 2 aliphatic heterocycles. The van der Waals surface area contributed by atoms with Crippen molar-refractivity contribution in [1.82, 2.24) is 15.1 Å². The fourth-order valence-corrected chi connectivity index (χ4v) is 2.70. The van der Waals surface area contributed by atoms with E-state index in [1.54, 1.807) is 4.90 Å². The van der Waals surface area contributed by atoms with Crippen LogP contribution in [-0.4, -0.2) is 85.3 Å². The van der Waals surface area contributed by atoms with Crippen molar-refractivity contribution >= 4 is 11.9 Å². The summed E-state index contributed by atoms with van der Waals surface area (Å²) in [5.74, 6) is -0.876. The second kappa shape index (κ2) is 7.56. The number of hydrogen-bond donors (Lipinski definition) is 2. The van der Waals surface area contributed by atoms with Crippen LogP contribution in [0.25, 0.3) is 0 Å². The van der Waals surface area contributed by atoms with E-state index in [1.165, 1.54) is 0 Å². The molecule has 0 aromatic rings. The predicted molar refractivity (Wildman–Crippen MR) is 72.5 cm³/mol. The largest absolute Gasteiger partial charge is 0.481 e. The van der Waals surface area contributed by atoms with Crippen molar-refractivity contribution in [2.45, 2.75) is 18.9 Å². The number of rotatable bonds is 4. The maximum absolute atomic E-state index is 12.4. The molecular weight excluding hydrogens is 262 g/mol. The number of aliphatic carboxylic acids is 1. The Bertz CT molecular complexity index is 343. The van der Waals surface area contributed by atoms with Crippen molar-refractivity contribution in [2.75, 3.05) is 52.5 Å². The van der Waals surface area contributed by atoms with E-state index in [0.29, 0.717) is 26.3 Å². The van der Waals surface area contributed by atoms with Gasteiger partial charge in [0, 0.05) is 19.6 Å². The SMILES string of the molecule is O=C(O)CC1COCCN1C(=O)CN1CCCNCC1. The normalized spacial score (nSPS) is 25.2. The maximum Gasteiger partial charge on any atom is 0.305 e. The molecule has 2 fully saturated rings. The summed E-state index contributed by atoms with van der Waals surface area (Å²) in [6.07, 6.45) is 0.988. The second-order valence-electron chi connectivity index (χ2n) is 5.29. The zero-order chi connectivity index (χ0) is 14.4. The third-order valence-corrected chi connectivity index (χ3v) is 3.75. The lowest BCUT2D eigenvalue weighted by molar-refractivity contribution is -0.146. The van der Waals surface area contributed by atoms with E-state index < -0.39 is 5.97 Å². The van der Waals surface area contributed by atoms with Crippen LogP contribution in [0.4, 0.5) is 0 Å². The summed E-state index contributed by atoms with van der Waals surface area (Å²) >= 11 is 0. The number of amides is 1. The molecule has 2 saturated heterocycles. The van der Waals surface area contributed by atoms with E-state index in [-0.39, 0.29) is 18.4 Å². The van der Waals surface area contributed by atoms with E-state index in [9.17, 15) is 9.59 Å². The summed E-state index contributed by atoms with van der Waals surface area (Å²) < 4.78 is 5.29. The lowest BCUT2D eigenvalue weighted by Gasteiger charge is -2.36. The number of carboxylic acid groups (broad SMARTS) is 1. The highest BCUT2D eigenvalue weighted by atomic mass is 16.5. The quantitative estimate of drug-likeness (QED) is 0.688. The summed E-state index contributed by atoms with van der Waals surface area (Å²) in [6, 6.07) is -0.334. The molecule has 0 aromatic carbocycles. The van der Waals surface area contributed by atoms with Crippen molar-refractivity contribution in [3.8, 4) is 0 Å². The van der Waals surface area contributed by atoms with Crippen LogP contribution in [0.5, 0.6) is 0 Å². The molecule has 7 nitrogen and oxygen atoms in total. The van der Waals surface area contributed by atoms with Gasteiger partial charge in [-0.25, -0.2) is 0 Å². The molecule has 0 radical (unpaired) electrons. The van der Waals surface area contributed by atoms with Gasteiger partial charge in [-0.1, -0.05) is 0 Å². The van der Waals surface area contributed by atoms with Crippen LogP contribution in [0, 0.1) is 0 Å². The Morgan fingerprint density at radius 1 is 1.25 bits per heavy atom. The molecule has 2 heterocycles. The van der Waals surface area contributed by atoms with Crippen LogP contribution in [0.3, 0.4) is 0 Å². The van der Waals surface area contributed by atoms with Gasteiger partial charge in [0.1, 0.15) is 0 Å². The molecule has 114 valence electrons. The molecule has 1 atom stereocenters. The minimum atomic E-state index is -0.891. The van der Waals surface area contributed by atoms with Gasteiger partial charge in [0.05, 0.1) is 32.2 Å².